The normalized spacial score (nSPS) is 12.1. The third-order valence-electron chi connectivity index (χ3n) is 5.80. The van der Waals surface area contributed by atoms with E-state index >= 15 is 0 Å². The van der Waals surface area contributed by atoms with Gasteiger partial charge in [0, 0.05) is 12.1 Å². The summed E-state index contributed by atoms with van der Waals surface area (Å²) >= 11 is 0. The summed E-state index contributed by atoms with van der Waals surface area (Å²) in [4.78, 5) is 11.7. The highest BCUT2D eigenvalue weighted by atomic mass is 32.2. The quantitative estimate of drug-likeness (QED) is 0.253. The molecule has 0 aliphatic rings. The third-order valence-corrected chi connectivity index (χ3v) is 7.20. The highest BCUT2D eigenvalue weighted by Gasteiger charge is 2.31. The van der Waals surface area contributed by atoms with Crippen LogP contribution in [0.1, 0.15) is 50.8 Å². The molecule has 7 nitrogen and oxygen atoms in total. The maximum atomic E-state index is 12.9. The molecule has 0 saturated carbocycles. The van der Waals surface area contributed by atoms with E-state index in [1.807, 2.05) is 24.3 Å². The van der Waals surface area contributed by atoms with E-state index in [4.69, 9.17) is 9.47 Å². The number of alkyl halides is 3. The molecule has 3 rings (SSSR count). The summed E-state index contributed by atoms with van der Waals surface area (Å²) in [5.74, 6) is -0.471. The van der Waals surface area contributed by atoms with Crippen molar-refractivity contribution < 1.29 is 40.6 Å². The van der Waals surface area contributed by atoms with Gasteiger partial charge in [0.05, 0.1) is 11.5 Å². The first kappa shape index (κ1) is 30.8. The molecule has 0 heterocycles. The number of nitrogens with one attached hydrogen (secondary N) is 1. The van der Waals surface area contributed by atoms with E-state index in [9.17, 15) is 26.4 Å². The van der Waals surface area contributed by atoms with Crippen molar-refractivity contribution in [2.75, 3.05) is 11.3 Å². The lowest BCUT2D eigenvalue weighted by Crippen LogP contribution is -2.17. The highest BCUT2D eigenvalue weighted by Crippen LogP contribution is 2.29. The highest BCUT2D eigenvalue weighted by molar-refractivity contribution is 7.92. The number of hydrogen-bond donors (Lipinski definition) is 1. The third kappa shape index (κ3) is 9.18. The molecule has 0 bridgehead atoms. The lowest BCUT2D eigenvalue weighted by molar-refractivity contribution is -0.274. The Hall–Kier alpha value is -3.73. The second kappa shape index (κ2) is 12.6. The Kier molecular flexibility index (Phi) is 9.73. The van der Waals surface area contributed by atoms with Gasteiger partial charge in [-0.1, -0.05) is 45.0 Å². The Balaban J connectivity index is 1.79. The van der Waals surface area contributed by atoms with Crippen LogP contribution in [-0.2, 0) is 38.0 Å². The van der Waals surface area contributed by atoms with Crippen LogP contribution in [-0.4, -0.2) is 27.4 Å². The Labute approximate surface area is 232 Å². The molecule has 0 aliphatic heterocycles. The standard InChI is InChI=1S/C29H32F3NO6S/c1-5-37-27(34)17-8-21-18-23(33-40(35,36)25-14-12-24(13-15-25)39-29(30,31)32)11-16-26(21)38-19-20-6-9-22(10-7-20)28(2,3)4/h6-7,9-16,18,33H,5,8,17,19H2,1-4H3. The molecule has 3 aromatic rings. The van der Waals surface area contributed by atoms with Crippen molar-refractivity contribution in [3.8, 4) is 11.5 Å². The second-order valence-corrected chi connectivity index (χ2v) is 11.7. The number of ether oxygens (including phenoxy) is 3. The number of sulfonamides is 1. The Morgan fingerprint density at radius 1 is 0.925 bits per heavy atom. The maximum absolute atomic E-state index is 12.9. The first-order chi connectivity index (χ1) is 18.7. The summed E-state index contributed by atoms with van der Waals surface area (Å²) in [5, 5.41) is 0. The molecule has 0 unspecified atom stereocenters. The van der Waals surface area contributed by atoms with E-state index in [1.165, 1.54) is 11.6 Å². The molecular weight excluding hydrogens is 547 g/mol. The summed E-state index contributed by atoms with van der Waals surface area (Å²) < 4.78 is 80.2. The monoisotopic (exact) mass is 579 g/mol. The van der Waals surface area contributed by atoms with Crippen molar-refractivity contribution in [2.45, 2.75) is 63.8 Å². The molecule has 1 N–H and O–H groups in total. The summed E-state index contributed by atoms with van der Waals surface area (Å²) in [6, 6.07) is 16.5. The van der Waals surface area contributed by atoms with Gasteiger partial charge in [-0.15, -0.1) is 13.2 Å². The smallest absolute Gasteiger partial charge is 0.489 e. The first-order valence-electron chi connectivity index (χ1n) is 12.6. The van der Waals surface area contributed by atoms with Crippen LogP contribution >= 0.6 is 0 Å². The number of carbonyl (C=O) groups is 1. The number of esters is 1. The first-order valence-corrected chi connectivity index (χ1v) is 14.0. The Bertz CT molecular complexity index is 1400. The van der Waals surface area contributed by atoms with Crippen molar-refractivity contribution in [3.63, 3.8) is 0 Å². The van der Waals surface area contributed by atoms with Gasteiger partial charge in [-0.3, -0.25) is 9.52 Å². The average Bonchev–Trinajstić information content (AvgIpc) is 2.86. The van der Waals surface area contributed by atoms with Gasteiger partial charge >= 0.3 is 12.3 Å². The van der Waals surface area contributed by atoms with Gasteiger partial charge in [0.1, 0.15) is 18.1 Å². The van der Waals surface area contributed by atoms with E-state index < -0.39 is 28.1 Å². The number of hydrogen-bond acceptors (Lipinski definition) is 6. The van der Waals surface area contributed by atoms with Crippen molar-refractivity contribution in [1.82, 2.24) is 0 Å². The number of aryl methyl sites for hydroxylation is 1. The largest absolute Gasteiger partial charge is 0.573 e. The molecule has 3 aromatic carbocycles. The van der Waals surface area contributed by atoms with Crippen LogP contribution in [0, 0.1) is 0 Å². The van der Waals surface area contributed by atoms with Gasteiger partial charge < -0.3 is 14.2 Å². The molecule has 40 heavy (non-hydrogen) atoms. The van der Waals surface area contributed by atoms with E-state index in [0.717, 1.165) is 29.8 Å². The average molecular weight is 580 g/mol. The summed E-state index contributed by atoms with van der Waals surface area (Å²) in [6.45, 7) is 8.58. The topological polar surface area (TPSA) is 90.9 Å². The van der Waals surface area contributed by atoms with Crippen LogP contribution in [0.15, 0.2) is 71.6 Å². The fourth-order valence-electron chi connectivity index (χ4n) is 3.75. The molecule has 0 atom stereocenters. The fourth-order valence-corrected chi connectivity index (χ4v) is 4.80. The van der Waals surface area contributed by atoms with E-state index in [1.54, 1.807) is 19.1 Å². The minimum absolute atomic E-state index is 0.0156. The zero-order valence-electron chi connectivity index (χ0n) is 22.7. The van der Waals surface area contributed by atoms with Gasteiger partial charge in [-0.2, -0.15) is 0 Å². The van der Waals surface area contributed by atoms with Crippen LogP contribution in [0.3, 0.4) is 0 Å². The van der Waals surface area contributed by atoms with Crippen LogP contribution < -0.4 is 14.2 Å². The molecule has 216 valence electrons. The number of carbonyl (C=O) groups excluding carboxylic acids is 1. The summed E-state index contributed by atoms with van der Waals surface area (Å²) in [6.07, 6.45) is -4.60. The minimum atomic E-state index is -4.89. The van der Waals surface area contributed by atoms with Crippen LogP contribution in [0.4, 0.5) is 18.9 Å². The molecule has 0 radical (unpaired) electrons. The maximum Gasteiger partial charge on any atom is 0.573 e. The lowest BCUT2D eigenvalue weighted by Gasteiger charge is -2.19. The molecule has 0 saturated heterocycles. The number of halogens is 3. The minimum Gasteiger partial charge on any atom is -0.489 e. The Morgan fingerprint density at radius 3 is 2.15 bits per heavy atom. The predicted molar refractivity (Wildman–Crippen MR) is 145 cm³/mol. The molecule has 0 aromatic heterocycles. The van der Waals surface area contributed by atoms with Crippen molar-refractivity contribution in [1.29, 1.82) is 0 Å². The summed E-state index contributed by atoms with van der Waals surface area (Å²) in [5.41, 5.74) is 2.91. The van der Waals surface area contributed by atoms with E-state index in [0.29, 0.717) is 11.3 Å². The molecular formula is C29H32F3NO6S. The van der Waals surface area contributed by atoms with Crippen LogP contribution in [0.25, 0.3) is 0 Å². The fraction of sp³-hybridized carbons (Fsp3) is 0.345. The zero-order chi connectivity index (χ0) is 29.6. The molecule has 0 fully saturated rings. The van der Waals surface area contributed by atoms with Gasteiger partial charge in [-0.25, -0.2) is 8.42 Å². The SMILES string of the molecule is CCOC(=O)CCc1cc(NS(=O)(=O)c2ccc(OC(F)(F)F)cc2)ccc1OCc1ccc(C(C)(C)C)cc1. The van der Waals surface area contributed by atoms with Crippen LogP contribution in [0.5, 0.6) is 11.5 Å². The van der Waals surface area contributed by atoms with Crippen LogP contribution in [0.2, 0.25) is 0 Å². The zero-order valence-corrected chi connectivity index (χ0v) is 23.5. The van der Waals surface area contributed by atoms with Crippen molar-refractivity contribution in [2.24, 2.45) is 0 Å². The number of anilines is 1. The van der Waals surface area contributed by atoms with Crippen molar-refractivity contribution >= 4 is 21.7 Å². The predicted octanol–water partition coefficient (Wildman–Crippen LogP) is 6.76. The lowest BCUT2D eigenvalue weighted by atomic mass is 9.87. The second-order valence-electron chi connectivity index (χ2n) is 9.99. The Morgan fingerprint density at radius 2 is 1.57 bits per heavy atom. The van der Waals surface area contributed by atoms with Gasteiger partial charge in [0.2, 0.25) is 0 Å². The van der Waals surface area contributed by atoms with Crippen molar-refractivity contribution in [3.05, 3.63) is 83.4 Å². The number of benzene rings is 3. The van der Waals surface area contributed by atoms with Gasteiger partial charge in [0.15, 0.2) is 0 Å². The molecule has 0 spiro atoms. The van der Waals surface area contributed by atoms with E-state index in [-0.39, 0.29) is 42.1 Å². The molecule has 11 heteroatoms. The molecule has 0 amide bonds. The van der Waals surface area contributed by atoms with Gasteiger partial charge in [-0.05, 0) is 77.9 Å². The van der Waals surface area contributed by atoms with E-state index in [2.05, 4.69) is 30.2 Å². The summed E-state index contributed by atoms with van der Waals surface area (Å²) in [7, 11) is -4.13. The molecule has 0 aliphatic carbocycles. The van der Waals surface area contributed by atoms with Gasteiger partial charge in [0.25, 0.3) is 10.0 Å². The number of rotatable bonds is 11.